The third-order valence-electron chi connectivity index (χ3n) is 0.996. The van der Waals surface area contributed by atoms with Crippen molar-refractivity contribution in [2.24, 2.45) is 10.7 Å². The summed E-state index contributed by atoms with van der Waals surface area (Å²) in [5.74, 6) is 0. The molecule has 88 valence electrons. The van der Waals surface area contributed by atoms with Crippen LogP contribution in [0.1, 0.15) is 0 Å². The number of nitrogen functional groups attached to an aromatic ring is 2. The predicted molar refractivity (Wildman–Crippen MR) is 53.6 cm³/mol. The van der Waals surface area contributed by atoms with Gasteiger partial charge in [0.2, 0.25) is 0 Å². The molecular formula is C6H8N4O4Pd-2. The number of hydrogen-bond donors (Lipinski definition) is 2. The number of nitrogens with two attached hydrogens (primary N) is 2. The molecule has 0 aliphatic rings. The molecule has 0 saturated carbocycles. The predicted octanol–water partition coefficient (Wildman–Crippen LogP) is 1.35. The maximum Gasteiger partial charge on any atom is 0.0547 e. The van der Waals surface area contributed by atoms with Crippen molar-refractivity contribution in [3.8, 4) is 0 Å². The summed E-state index contributed by atoms with van der Waals surface area (Å²) in [5, 5.41) is 18.0. The molecule has 15 heavy (non-hydrogen) atoms. The van der Waals surface area contributed by atoms with Crippen LogP contribution in [0, 0.1) is 20.2 Å². The smallest absolute Gasteiger partial charge is 0.0547 e. The van der Waals surface area contributed by atoms with Gasteiger partial charge in [-0.25, -0.2) is 0 Å². The zero-order valence-electron chi connectivity index (χ0n) is 7.31. The first-order chi connectivity index (χ1) is 6.63. The molecule has 8 nitrogen and oxygen atoms in total. The summed E-state index contributed by atoms with van der Waals surface area (Å²) in [7, 11) is 0. The Morgan fingerprint density at radius 2 is 1.13 bits per heavy atom. The topological polar surface area (TPSA) is 157 Å². The molecule has 0 aliphatic heterocycles. The molecule has 0 heterocycles. The van der Waals surface area contributed by atoms with Gasteiger partial charge in [0.1, 0.15) is 0 Å². The minimum atomic E-state index is 0. The average Bonchev–Trinajstić information content (AvgIpc) is 2.13. The fourth-order valence-corrected chi connectivity index (χ4v) is 0.511. The zero-order chi connectivity index (χ0) is 11.4. The molecule has 0 amide bonds. The van der Waals surface area contributed by atoms with E-state index in [0.29, 0.717) is 11.4 Å². The van der Waals surface area contributed by atoms with Crippen LogP contribution in [0.3, 0.4) is 0 Å². The minimum Gasteiger partial charge on any atom is -0.444 e. The first-order valence-electron chi connectivity index (χ1n) is 3.13. The Morgan fingerprint density at radius 3 is 1.27 bits per heavy atom. The third kappa shape index (κ3) is 15.1. The van der Waals surface area contributed by atoms with E-state index < -0.39 is 0 Å². The Bertz CT molecular complexity index is 246. The van der Waals surface area contributed by atoms with Crippen molar-refractivity contribution >= 4 is 11.4 Å². The van der Waals surface area contributed by atoms with Crippen LogP contribution in [-0.4, -0.2) is 0 Å². The first-order valence-corrected chi connectivity index (χ1v) is 3.13. The van der Waals surface area contributed by atoms with Crippen LogP contribution in [0.15, 0.2) is 34.9 Å². The van der Waals surface area contributed by atoms with E-state index in [9.17, 15) is 0 Å². The minimum absolute atomic E-state index is 0. The fourth-order valence-electron chi connectivity index (χ4n) is 0.511. The van der Waals surface area contributed by atoms with Crippen molar-refractivity contribution < 1.29 is 20.4 Å². The molecule has 0 spiro atoms. The van der Waals surface area contributed by atoms with E-state index in [-0.39, 0.29) is 20.4 Å². The Balaban J connectivity index is -0.000000177. The van der Waals surface area contributed by atoms with Crippen molar-refractivity contribution in [1.29, 1.82) is 0 Å². The van der Waals surface area contributed by atoms with Gasteiger partial charge in [-0.15, -0.1) is 10.7 Å². The van der Waals surface area contributed by atoms with Crippen LogP contribution < -0.4 is 11.5 Å². The number of para-hydroxylation sites is 2. The molecule has 0 radical (unpaired) electrons. The molecule has 0 aromatic heterocycles. The van der Waals surface area contributed by atoms with E-state index in [1.165, 1.54) is 0 Å². The van der Waals surface area contributed by atoms with Crippen LogP contribution in [-0.2, 0) is 20.4 Å². The average molecular weight is 307 g/mol. The van der Waals surface area contributed by atoms with Crippen LogP contribution >= 0.6 is 0 Å². The number of rotatable bonds is 0. The second-order valence-electron chi connectivity index (χ2n) is 1.78. The third-order valence-corrected chi connectivity index (χ3v) is 0.996. The number of hydrogen-bond acceptors (Lipinski definition) is 8. The summed E-state index contributed by atoms with van der Waals surface area (Å²) in [6.07, 6.45) is 0. The van der Waals surface area contributed by atoms with Gasteiger partial charge in [0.15, 0.2) is 0 Å². The van der Waals surface area contributed by atoms with Crippen molar-refractivity contribution in [3.05, 3.63) is 44.5 Å². The zero-order valence-corrected chi connectivity index (χ0v) is 8.86. The summed E-state index contributed by atoms with van der Waals surface area (Å²) in [5.41, 5.74) is 12.1. The first kappa shape index (κ1) is 19.0. The molecule has 1 aromatic carbocycles. The Kier molecular flexibility index (Phi) is 18.7. The molecule has 0 saturated heterocycles. The maximum absolute atomic E-state index is 8.00. The summed E-state index contributed by atoms with van der Waals surface area (Å²) in [6, 6.07) is 7.25. The van der Waals surface area contributed by atoms with Crippen molar-refractivity contribution in [1.82, 2.24) is 0 Å². The van der Waals surface area contributed by atoms with Crippen molar-refractivity contribution in [2.45, 2.75) is 0 Å². The summed E-state index contributed by atoms with van der Waals surface area (Å²) >= 11 is 0. The molecule has 1 aromatic rings. The van der Waals surface area contributed by atoms with Gasteiger partial charge in [-0.1, -0.05) is 12.1 Å². The summed E-state index contributed by atoms with van der Waals surface area (Å²) in [6.45, 7) is 0. The second kappa shape index (κ2) is 14.8. The SMILES string of the molecule is Nc1ccccc1N.O=N[O-].O=N[O-].[Pd]. The maximum atomic E-state index is 8.00. The van der Waals surface area contributed by atoms with E-state index in [1.807, 2.05) is 12.1 Å². The fraction of sp³-hybridized carbons (Fsp3) is 0. The molecule has 0 fully saturated rings. The molecule has 9 heteroatoms. The second-order valence-corrected chi connectivity index (χ2v) is 1.78. The standard InChI is InChI=1S/C6H8N2.2HNO2.Pd/c7-5-3-1-2-4-6(5)8;2*2-1-3;/h1-4H,7-8H2;2*(H,2,3);/p-2. The van der Waals surface area contributed by atoms with E-state index in [4.69, 9.17) is 31.7 Å². The van der Waals surface area contributed by atoms with Crippen LogP contribution in [0.2, 0.25) is 0 Å². The van der Waals surface area contributed by atoms with Gasteiger partial charge in [0, 0.05) is 20.4 Å². The monoisotopic (exact) mass is 306 g/mol. The summed E-state index contributed by atoms with van der Waals surface area (Å²) in [4.78, 5) is 16.0. The molecular weight excluding hydrogens is 299 g/mol. The largest absolute Gasteiger partial charge is 0.444 e. The van der Waals surface area contributed by atoms with Gasteiger partial charge < -0.3 is 31.7 Å². The van der Waals surface area contributed by atoms with Gasteiger partial charge in [-0.3, -0.25) is 0 Å². The molecule has 0 bridgehead atoms. The van der Waals surface area contributed by atoms with Crippen molar-refractivity contribution in [2.75, 3.05) is 11.5 Å². The van der Waals surface area contributed by atoms with Crippen LogP contribution in [0.25, 0.3) is 0 Å². The van der Waals surface area contributed by atoms with E-state index >= 15 is 0 Å². The van der Waals surface area contributed by atoms with Gasteiger partial charge in [0.25, 0.3) is 0 Å². The van der Waals surface area contributed by atoms with Gasteiger partial charge >= 0.3 is 0 Å². The van der Waals surface area contributed by atoms with E-state index in [0.717, 1.165) is 10.7 Å². The Labute approximate surface area is 98.8 Å². The van der Waals surface area contributed by atoms with Crippen LogP contribution in [0.5, 0.6) is 0 Å². The van der Waals surface area contributed by atoms with Gasteiger partial charge in [-0.2, -0.15) is 0 Å². The Morgan fingerprint density at radius 1 is 0.933 bits per heavy atom. The molecule has 0 atom stereocenters. The van der Waals surface area contributed by atoms with E-state index in [1.54, 1.807) is 12.1 Å². The van der Waals surface area contributed by atoms with Gasteiger partial charge in [0.05, 0.1) is 11.4 Å². The quantitative estimate of drug-likeness (QED) is 0.318. The molecule has 0 aliphatic carbocycles. The van der Waals surface area contributed by atoms with Crippen molar-refractivity contribution in [3.63, 3.8) is 0 Å². The molecule has 4 N–H and O–H groups in total. The number of nitrogens with zero attached hydrogens (tertiary/aromatic N) is 2. The Hall–Kier alpha value is -1.72. The van der Waals surface area contributed by atoms with E-state index in [2.05, 4.69) is 0 Å². The van der Waals surface area contributed by atoms with Gasteiger partial charge in [-0.05, 0) is 12.1 Å². The normalized spacial score (nSPS) is 6.40. The summed E-state index contributed by atoms with van der Waals surface area (Å²) < 4.78 is 0. The number of benzene rings is 1. The molecule has 1 rings (SSSR count). The number of anilines is 2. The molecule has 0 unspecified atom stereocenters. The van der Waals surface area contributed by atoms with Crippen LogP contribution in [0.4, 0.5) is 11.4 Å².